The Bertz CT molecular complexity index is 361. The fourth-order valence-corrected chi connectivity index (χ4v) is 1.83. The van der Waals surface area contributed by atoms with E-state index in [1.807, 2.05) is 6.92 Å². The second kappa shape index (κ2) is 6.19. The molecule has 0 amide bonds. The van der Waals surface area contributed by atoms with Gasteiger partial charge in [0.15, 0.2) is 0 Å². The third-order valence-electron chi connectivity index (χ3n) is 2.84. The van der Waals surface area contributed by atoms with Crippen molar-refractivity contribution in [2.75, 3.05) is 32.8 Å². The molecule has 1 atom stereocenters. The van der Waals surface area contributed by atoms with E-state index in [0.717, 1.165) is 17.9 Å². The maximum atomic E-state index is 10.3. The number of aryl methyl sites for hydroxylation is 1. The highest BCUT2D eigenvalue weighted by Crippen LogP contribution is 2.05. The van der Waals surface area contributed by atoms with Gasteiger partial charge in [0, 0.05) is 38.6 Å². The van der Waals surface area contributed by atoms with Gasteiger partial charge in [0.1, 0.15) is 5.60 Å². The van der Waals surface area contributed by atoms with Crippen molar-refractivity contribution in [2.45, 2.75) is 19.1 Å². The van der Waals surface area contributed by atoms with E-state index in [1.54, 1.807) is 12.4 Å². The Labute approximate surface area is 107 Å². The van der Waals surface area contributed by atoms with Gasteiger partial charge in [-0.3, -0.25) is 9.97 Å². The summed E-state index contributed by atoms with van der Waals surface area (Å²) in [7, 11) is 0. The molecule has 0 unspecified atom stereocenters. The molecule has 0 aliphatic carbocycles. The molecule has 1 aliphatic heterocycles. The van der Waals surface area contributed by atoms with Crippen LogP contribution in [-0.4, -0.2) is 53.5 Å². The van der Waals surface area contributed by atoms with Crippen molar-refractivity contribution in [1.82, 2.24) is 20.6 Å². The van der Waals surface area contributed by atoms with Gasteiger partial charge >= 0.3 is 0 Å². The molecule has 1 aliphatic rings. The van der Waals surface area contributed by atoms with Crippen LogP contribution in [0, 0.1) is 6.92 Å². The van der Waals surface area contributed by atoms with Crippen LogP contribution in [0.2, 0.25) is 0 Å². The van der Waals surface area contributed by atoms with Crippen molar-refractivity contribution in [3.05, 3.63) is 23.8 Å². The fraction of sp³-hybridized carbons (Fsp3) is 0.667. The van der Waals surface area contributed by atoms with Gasteiger partial charge in [-0.05, 0) is 6.92 Å². The smallest absolute Gasteiger partial charge is 0.113 e. The van der Waals surface area contributed by atoms with E-state index in [9.17, 15) is 5.11 Å². The van der Waals surface area contributed by atoms with E-state index >= 15 is 0 Å². The lowest BCUT2D eigenvalue weighted by atomic mass is 10.1. The highest BCUT2D eigenvalue weighted by molar-refractivity contribution is 5.00. The van der Waals surface area contributed by atoms with Crippen molar-refractivity contribution in [3.63, 3.8) is 0 Å². The van der Waals surface area contributed by atoms with Gasteiger partial charge in [-0.1, -0.05) is 0 Å². The summed E-state index contributed by atoms with van der Waals surface area (Å²) in [5, 5.41) is 16.6. The minimum atomic E-state index is -0.853. The first-order chi connectivity index (χ1) is 8.68. The lowest BCUT2D eigenvalue weighted by Crippen LogP contribution is -2.50. The average Bonchev–Trinajstić information content (AvgIpc) is 2.57. The number of aliphatic hydroxyl groups is 1. The van der Waals surface area contributed by atoms with E-state index in [2.05, 4.69) is 20.6 Å². The molecule has 0 bridgehead atoms. The normalized spacial score (nSPS) is 24.8. The first kappa shape index (κ1) is 13.4. The van der Waals surface area contributed by atoms with Crippen molar-refractivity contribution in [3.8, 4) is 0 Å². The molecule has 0 radical (unpaired) electrons. The second-order valence-electron chi connectivity index (χ2n) is 4.71. The molecule has 6 nitrogen and oxygen atoms in total. The summed E-state index contributed by atoms with van der Waals surface area (Å²) in [5.74, 6) is 0. The molecular weight excluding hydrogens is 232 g/mol. The monoisotopic (exact) mass is 252 g/mol. The lowest BCUT2D eigenvalue weighted by molar-refractivity contribution is -0.0264. The number of β-amino-alcohol motifs (C(OH)–C–C–N with tert-alkyl or cyclic N) is 1. The van der Waals surface area contributed by atoms with Gasteiger partial charge in [0.05, 0.1) is 24.6 Å². The molecule has 0 spiro atoms. The maximum absolute atomic E-state index is 10.3. The minimum absolute atomic E-state index is 0.354. The topological polar surface area (TPSA) is 79.3 Å². The maximum Gasteiger partial charge on any atom is 0.113 e. The van der Waals surface area contributed by atoms with Crippen LogP contribution in [0.1, 0.15) is 11.4 Å². The molecule has 2 heterocycles. The second-order valence-corrected chi connectivity index (χ2v) is 4.71. The van der Waals surface area contributed by atoms with Gasteiger partial charge in [0.25, 0.3) is 0 Å². The number of hydrogen-bond donors (Lipinski definition) is 3. The Kier molecular flexibility index (Phi) is 4.60. The van der Waals surface area contributed by atoms with Crippen LogP contribution in [0.4, 0.5) is 0 Å². The summed E-state index contributed by atoms with van der Waals surface area (Å²) < 4.78 is 5.35. The summed E-state index contributed by atoms with van der Waals surface area (Å²) in [4.78, 5) is 8.42. The van der Waals surface area contributed by atoms with Crippen LogP contribution in [0.25, 0.3) is 0 Å². The van der Waals surface area contributed by atoms with Crippen molar-refractivity contribution in [2.24, 2.45) is 0 Å². The van der Waals surface area contributed by atoms with Crippen molar-refractivity contribution < 1.29 is 9.84 Å². The Hall–Kier alpha value is -1.08. The predicted molar refractivity (Wildman–Crippen MR) is 67.1 cm³/mol. The average molecular weight is 252 g/mol. The molecule has 3 N–H and O–H groups in total. The van der Waals surface area contributed by atoms with E-state index < -0.39 is 5.60 Å². The first-order valence-corrected chi connectivity index (χ1v) is 6.17. The van der Waals surface area contributed by atoms with Gasteiger partial charge in [0.2, 0.25) is 0 Å². The third kappa shape index (κ3) is 3.99. The third-order valence-corrected chi connectivity index (χ3v) is 2.84. The van der Waals surface area contributed by atoms with Gasteiger partial charge in [-0.2, -0.15) is 0 Å². The van der Waals surface area contributed by atoms with Gasteiger partial charge < -0.3 is 20.5 Å². The number of nitrogens with one attached hydrogen (secondary N) is 2. The number of rotatable bonds is 4. The quantitative estimate of drug-likeness (QED) is 0.653. The molecule has 18 heavy (non-hydrogen) atoms. The van der Waals surface area contributed by atoms with Crippen LogP contribution in [0.15, 0.2) is 12.4 Å². The van der Waals surface area contributed by atoms with Crippen LogP contribution in [-0.2, 0) is 11.3 Å². The van der Waals surface area contributed by atoms with E-state index in [1.165, 1.54) is 0 Å². The summed E-state index contributed by atoms with van der Waals surface area (Å²) in [5.41, 5.74) is 0.916. The summed E-state index contributed by atoms with van der Waals surface area (Å²) in [6.45, 7) is 5.29. The zero-order valence-corrected chi connectivity index (χ0v) is 10.6. The predicted octanol–water partition coefficient (Wildman–Crippen LogP) is -0.774. The summed E-state index contributed by atoms with van der Waals surface area (Å²) in [6, 6.07) is 0. The molecule has 1 aromatic rings. The number of nitrogens with zero attached hydrogens (tertiary/aromatic N) is 2. The van der Waals surface area contributed by atoms with Crippen LogP contribution >= 0.6 is 0 Å². The SMILES string of the molecule is Cc1cnc(CNC[C@@]2(O)CNCCOC2)cn1. The van der Waals surface area contributed by atoms with Crippen molar-refractivity contribution in [1.29, 1.82) is 0 Å². The standard InChI is InChI=1S/C12H20N4O2/c1-10-4-16-11(6-15-10)5-14-8-12(17)7-13-2-3-18-9-12/h4,6,13-14,17H,2-3,5,7-9H2,1H3/t12-/m0/s1. The molecule has 2 rings (SSSR count). The number of hydrogen-bond acceptors (Lipinski definition) is 6. The molecule has 6 heteroatoms. The molecule has 100 valence electrons. The van der Waals surface area contributed by atoms with Gasteiger partial charge in [-0.15, -0.1) is 0 Å². The molecule has 1 aromatic heterocycles. The molecule has 0 saturated carbocycles. The highest BCUT2D eigenvalue weighted by Gasteiger charge is 2.28. The molecule has 0 aromatic carbocycles. The van der Waals surface area contributed by atoms with E-state index in [-0.39, 0.29) is 0 Å². The van der Waals surface area contributed by atoms with Crippen molar-refractivity contribution >= 4 is 0 Å². The van der Waals surface area contributed by atoms with Gasteiger partial charge in [-0.25, -0.2) is 0 Å². The van der Waals surface area contributed by atoms with Crippen LogP contribution in [0.5, 0.6) is 0 Å². The van der Waals surface area contributed by atoms with Crippen LogP contribution < -0.4 is 10.6 Å². The van der Waals surface area contributed by atoms with E-state index in [4.69, 9.17) is 4.74 Å². The Morgan fingerprint density at radius 3 is 3.17 bits per heavy atom. The minimum Gasteiger partial charge on any atom is -0.385 e. The fourth-order valence-electron chi connectivity index (χ4n) is 1.83. The molecular formula is C12H20N4O2. The first-order valence-electron chi connectivity index (χ1n) is 6.17. The Balaban J connectivity index is 1.78. The molecule has 1 fully saturated rings. The zero-order valence-electron chi connectivity index (χ0n) is 10.6. The number of aromatic nitrogens is 2. The number of ether oxygens (including phenoxy) is 1. The largest absolute Gasteiger partial charge is 0.385 e. The highest BCUT2D eigenvalue weighted by atomic mass is 16.5. The summed E-state index contributed by atoms with van der Waals surface area (Å²) >= 11 is 0. The lowest BCUT2D eigenvalue weighted by Gasteiger charge is -2.26. The Morgan fingerprint density at radius 1 is 1.50 bits per heavy atom. The van der Waals surface area contributed by atoms with Crippen LogP contribution in [0.3, 0.4) is 0 Å². The Morgan fingerprint density at radius 2 is 2.39 bits per heavy atom. The molecule has 1 saturated heterocycles. The van der Waals surface area contributed by atoms with E-state index in [0.29, 0.717) is 32.8 Å². The zero-order chi connectivity index (χ0) is 12.8. The summed E-state index contributed by atoms with van der Waals surface area (Å²) in [6.07, 6.45) is 3.48.